The first kappa shape index (κ1) is 18.4. The smallest absolute Gasteiger partial charge is 0.251 e. The van der Waals surface area contributed by atoms with Gasteiger partial charge in [-0.15, -0.1) is 0 Å². The number of carbonyl (C=O) groups is 1. The molecule has 0 spiro atoms. The zero-order valence-electron chi connectivity index (χ0n) is 15.1. The average Bonchev–Trinajstić information content (AvgIpc) is 2.67. The van der Waals surface area contributed by atoms with E-state index in [9.17, 15) is 9.18 Å². The summed E-state index contributed by atoms with van der Waals surface area (Å²) in [6.07, 6.45) is 1.58. The minimum atomic E-state index is -0.390. The molecule has 0 atom stereocenters. The molecule has 0 aliphatic heterocycles. The third-order valence-corrected chi connectivity index (χ3v) is 3.92. The number of ether oxygens (including phenoxy) is 1. The van der Waals surface area contributed by atoms with Crippen LogP contribution in [-0.2, 0) is 6.54 Å². The molecule has 0 unspecified atom stereocenters. The molecule has 0 aliphatic carbocycles. The second kappa shape index (κ2) is 8.31. The van der Waals surface area contributed by atoms with E-state index in [1.807, 2.05) is 37.2 Å². The van der Waals surface area contributed by atoms with Crippen molar-refractivity contribution in [3.63, 3.8) is 0 Å². The van der Waals surface area contributed by atoms with Gasteiger partial charge in [0.15, 0.2) is 0 Å². The number of hydrogen-bond acceptors (Lipinski definition) is 4. The third kappa shape index (κ3) is 4.82. The maximum absolute atomic E-state index is 13.3. The Morgan fingerprint density at radius 1 is 1.11 bits per heavy atom. The van der Waals surface area contributed by atoms with E-state index in [4.69, 9.17) is 4.74 Å². The first-order valence-corrected chi connectivity index (χ1v) is 8.46. The molecule has 27 heavy (non-hydrogen) atoms. The summed E-state index contributed by atoms with van der Waals surface area (Å²) in [5, 5.41) is 2.87. The maximum Gasteiger partial charge on any atom is 0.251 e. The minimum absolute atomic E-state index is 0.195. The fraction of sp³-hybridized carbons (Fsp3) is 0.143. The maximum atomic E-state index is 13.3. The number of hydrogen-bond donors (Lipinski definition) is 1. The van der Waals surface area contributed by atoms with E-state index >= 15 is 0 Å². The number of rotatable bonds is 6. The Labute approximate surface area is 157 Å². The zero-order chi connectivity index (χ0) is 19.2. The monoisotopic (exact) mass is 365 g/mol. The lowest BCUT2D eigenvalue weighted by Gasteiger charge is -2.14. The molecule has 5 nitrogen and oxygen atoms in total. The number of anilines is 1. The Kier molecular flexibility index (Phi) is 5.66. The van der Waals surface area contributed by atoms with Crippen molar-refractivity contribution >= 4 is 11.6 Å². The van der Waals surface area contributed by atoms with Gasteiger partial charge in [-0.05, 0) is 36.4 Å². The van der Waals surface area contributed by atoms with Crippen molar-refractivity contribution in [1.82, 2.24) is 10.3 Å². The second-order valence-electron chi connectivity index (χ2n) is 6.15. The molecular weight excluding hydrogens is 345 g/mol. The Hall–Kier alpha value is -3.41. The van der Waals surface area contributed by atoms with Crippen LogP contribution < -0.4 is 15.0 Å². The Bertz CT molecular complexity index is 944. The molecule has 0 aliphatic rings. The summed E-state index contributed by atoms with van der Waals surface area (Å²) in [7, 11) is 3.84. The molecule has 0 saturated carbocycles. The fourth-order valence-corrected chi connectivity index (χ4v) is 2.50. The normalized spacial score (nSPS) is 10.3. The van der Waals surface area contributed by atoms with Crippen LogP contribution in [0.2, 0.25) is 0 Å². The van der Waals surface area contributed by atoms with Crippen molar-refractivity contribution in [2.24, 2.45) is 0 Å². The average molecular weight is 365 g/mol. The van der Waals surface area contributed by atoms with E-state index in [0.29, 0.717) is 22.8 Å². The van der Waals surface area contributed by atoms with Crippen molar-refractivity contribution < 1.29 is 13.9 Å². The third-order valence-electron chi connectivity index (χ3n) is 3.92. The van der Waals surface area contributed by atoms with Gasteiger partial charge in [0.25, 0.3) is 5.91 Å². The largest absolute Gasteiger partial charge is 0.439 e. The zero-order valence-corrected chi connectivity index (χ0v) is 15.1. The van der Waals surface area contributed by atoms with Gasteiger partial charge in [-0.2, -0.15) is 0 Å². The lowest BCUT2D eigenvalue weighted by molar-refractivity contribution is 0.0950. The van der Waals surface area contributed by atoms with Gasteiger partial charge in [-0.3, -0.25) is 4.79 Å². The molecule has 1 aromatic heterocycles. The van der Waals surface area contributed by atoms with E-state index in [0.717, 1.165) is 5.69 Å². The van der Waals surface area contributed by atoms with Crippen LogP contribution in [0, 0.1) is 5.82 Å². The summed E-state index contributed by atoms with van der Waals surface area (Å²) in [4.78, 5) is 18.6. The highest BCUT2D eigenvalue weighted by Gasteiger charge is 2.11. The molecule has 138 valence electrons. The predicted molar refractivity (Wildman–Crippen MR) is 103 cm³/mol. The van der Waals surface area contributed by atoms with Crippen LogP contribution in [0.1, 0.15) is 15.9 Å². The number of aromatic nitrogens is 1. The number of benzene rings is 2. The molecule has 0 saturated heterocycles. The molecule has 3 rings (SSSR count). The standard InChI is InChI=1S/C21H20FN3O2/c1-25(2)18-9-3-6-15(12-18)20(26)24-14-16-7-5-11-23-21(16)27-19-10-4-8-17(22)13-19/h3-13H,14H2,1-2H3,(H,24,26). The summed E-state index contributed by atoms with van der Waals surface area (Å²) in [5.41, 5.74) is 2.20. The van der Waals surface area contributed by atoms with Crippen LogP contribution in [-0.4, -0.2) is 25.0 Å². The summed E-state index contributed by atoms with van der Waals surface area (Å²) in [6.45, 7) is 0.240. The van der Waals surface area contributed by atoms with Gasteiger partial charge in [0.05, 0.1) is 0 Å². The summed E-state index contributed by atoms with van der Waals surface area (Å²) >= 11 is 0. The SMILES string of the molecule is CN(C)c1cccc(C(=O)NCc2cccnc2Oc2cccc(F)c2)c1. The summed E-state index contributed by atoms with van der Waals surface area (Å²) < 4.78 is 19.0. The minimum Gasteiger partial charge on any atom is -0.439 e. The Morgan fingerprint density at radius 2 is 1.93 bits per heavy atom. The number of nitrogens with one attached hydrogen (secondary N) is 1. The van der Waals surface area contributed by atoms with Crippen molar-refractivity contribution in [2.75, 3.05) is 19.0 Å². The van der Waals surface area contributed by atoms with Crippen LogP contribution >= 0.6 is 0 Å². The fourth-order valence-electron chi connectivity index (χ4n) is 2.50. The molecule has 3 aromatic rings. The highest BCUT2D eigenvalue weighted by Crippen LogP contribution is 2.23. The van der Waals surface area contributed by atoms with Crippen molar-refractivity contribution in [1.29, 1.82) is 0 Å². The quantitative estimate of drug-likeness (QED) is 0.717. The first-order chi connectivity index (χ1) is 13.0. The molecule has 0 fully saturated rings. The van der Waals surface area contributed by atoms with Gasteiger partial charge in [-0.1, -0.05) is 18.2 Å². The summed E-state index contributed by atoms with van der Waals surface area (Å²) in [6, 6.07) is 16.7. The summed E-state index contributed by atoms with van der Waals surface area (Å²) in [5.74, 6) is 0.0868. The van der Waals surface area contributed by atoms with E-state index in [-0.39, 0.29) is 18.3 Å². The van der Waals surface area contributed by atoms with Crippen LogP contribution in [0.5, 0.6) is 11.6 Å². The van der Waals surface area contributed by atoms with Crippen LogP contribution in [0.15, 0.2) is 66.9 Å². The molecule has 6 heteroatoms. The number of nitrogens with zero attached hydrogens (tertiary/aromatic N) is 2. The molecule has 0 bridgehead atoms. The van der Waals surface area contributed by atoms with Crippen LogP contribution in [0.25, 0.3) is 0 Å². The second-order valence-corrected chi connectivity index (χ2v) is 6.15. The van der Waals surface area contributed by atoms with E-state index < -0.39 is 0 Å². The van der Waals surface area contributed by atoms with Gasteiger partial charge >= 0.3 is 0 Å². The topological polar surface area (TPSA) is 54.5 Å². The van der Waals surface area contributed by atoms with Gasteiger partial charge in [0, 0.05) is 49.7 Å². The van der Waals surface area contributed by atoms with Gasteiger partial charge in [-0.25, -0.2) is 9.37 Å². The van der Waals surface area contributed by atoms with Crippen LogP contribution in [0.3, 0.4) is 0 Å². The van der Waals surface area contributed by atoms with Crippen LogP contribution in [0.4, 0.5) is 10.1 Å². The van der Waals surface area contributed by atoms with E-state index in [1.54, 1.807) is 36.5 Å². The number of amides is 1. The predicted octanol–water partition coefficient (Wildman–Crippen LogP) is 4.01. The lowest BCUT2D eigenvalue weighted by Crippen LogP contribution is -2.23. The highest BCUT2D eigenvalue weighted by molar-refractivity contribution is 5.95. The molecule has 1 amide bonds. The lowest BCUT2D eigenvalue weighted by atomic mass is 10.1. The van der Waals surface area contributed by atoms with Crippen molar-refractivity contribution in [3.8, 4) is 11.6 Å². The molecule has 1 N–H and O–H groups in total. The van der Waals surface area contributed by atoms with E-state index in [1.165, 1.54) is 12.1 Å². The number of pyridine rings is 1. The Balaban J connectivity index is 1.71. The van der Waals surface area contributed by atoms with E-state index in [2.05, 4.69) is 10.3 Å². The van der Waals surface area contributed by atoms with Crippen molar-refractivity contribution in [3.05, 3.63) is 83.8 Å². The highest BCUT2D eigenvalue weighted by atomic mass is 19.1. The van der Waals surface area contributed by atoms with Gasteiger partial charge < -0.3 is 15.0 Å². The number of carbonyl (C=O) groups excluding carboxylic acids is 1. The van der Waals surface area contributed by atoms with Crippen molar-refractivity contribution in [2.45, 2.75) is 6.54 Å². The molecular formula is C21H20FN3O2. The molecule has 2 aromatic carbocycles. The Morgan fingerprint density at radius 3 is 2.70 bits per heavy atom. The molecule has 0 radical (unpaired) electrons. The van der Waals surface area contributed by atoms with Gasteiger partial charge in [0.2, 0.25) is 5.88 Å². The number of halogens is 1. The first-order valence-electron chi connectivity index (χ1n) is 8.46. The molecule has 1 heterocycles. The van der Waals surface area contributed by atoms with Gasteiger partial charge in [0.1, 0.15) is 11.6 Å².